The van der Waals surface area contributed by atoms with Crippen LogP contribution in [-0.4, -0.2) is 172 Å². The van der Waals surface area contributed by atoms with Crippen LogP contribution >= 0.6 is 0 Å². The van der Waals surface area contributed by atoms with Gasteiger partial charge in [0.1, 0.15) is 30.0 Å². The number of cyclic esters (lactones) is 1. The number of esters is 4. The Hall–Kier alpha value is -3.11. The van der Waals surface area contributed by atoms with Crippen LogP contribution in [0.25, 0.3) is 0 Å². The lowest BCUT2D eigenvalue weighted by atomic mass is 9.74. The van der Waals surface area contributed by atoms with Crippen molar-refractivity contribution in [2.75, 3.05) is 34.4 Å². The van der Waals surface area contributed by atoms with Crippen LogP contribution in [0.1, 0.15) is 130 Å². The molecule has 0 aromatic heterocycles. The second kappa shape index (κ2) is 27.3. The molecule has 0 aromatic rings. The van der Waals surface area contributed by atoms with E-state index in [-0.39, 0.29) is 43.6 Å². The average Bonchev–Trinajstić information content (AvgIpc) is 3.41. The van der Waals surface area contributed by atoms with Gasteiger partial charge in [0.05, 0.1) is 49.0 Å². The summed E-state index contributed by atoms with van der Waals surface area (Å²) in [5, 5.41) is 12.5. The van der Waals surface area contributed by atoms with Crippen molar-refractivity contribution in [3.63, 3.8) is 0 Å². The van der Waals surface area contributed by atoms with Crippen LogP contribution < -0.4 is 0 Å². The van der Waals surface area contributed by atoms with E-state index in [0.717, 1.165) is 0 Å². The molecule has 22 atom stereocenters. The Labute approximate surface area is 434 Å². The van der Waals surface area contributed by atoms with Crippen LogP contribution in [0.4, 0.5) is 0 Å². The minimum Gasteiger partial charge on any atom is -0.461 e. The van der Waals surface area contributed by atoms with E-state index in [1.165, 1.54) is 35.0 Å². The first-order valence-electron chi connectivity index (χ1n) is 26.3. The third-order valence-corrected chi connectivity index (χ3v) is 15.1. The standard InChI is InChI=1S/C54H91NO18/c1-26(2)20-40(58)70-45-34(10)43(29(5)25-64-52-49(63-19)48(62-18)47(37(13)67-52)69-39(15)57)72-51(60)36(12)46(71-41-22-30(6)55(17)24-32(8)65-41)33(9)42(28(4)23-54(16,61)50(59)35(45)11)73-53-44(68-38(14)56)27(3)21-31(7)66-53/h26,28-37,41-49,52-53,61H,3,20-25H2,1-2,4-19H3/t28-,29-,30+,31+,32-,33+,34-,35+,36+,37+,41-,42-,43+,44+,45+,46-,47+,48+,49+,52+,53-,54-/m0/s1. The smallest absolute Gasteiger partial charge is 0.311 e. The highest BCUT2D eigenvalue weighted by molar-refractivity contribution is 5.89. The Morgan fingerprint density at radius 2 is 1.40 bits per heavy atom. The van der Waals surface area contributed by atoms with E-state index in [9.17, 15) is 24.3 Å². The van der Waals surface area contributed by atoms with Crippen LogP contribution in [0, 0.1) is 41.4 Å². The second-order valence-electron chi connectivity index (χ2n) is 22.4. The minimum absolute atomic E-state index is 0.0368. The lowest BCUT2D eigenvalue weighted by molar-refractivity contribution is -0.307. The van der Waals surface area contributed by atoms with Crippen molar-refractivity contribution in [3.05, 3.63) is 12.2 Å². The van der Waals surface area contributed by atoms with Gasteiger partial charge in [-0.2, -0.15) is 0 Å². The predicted molar refractivity (Wildman–Crippen MR) is 266 cm³/mol. The fourth-order valence-corrected chi connectivity index (χ4v) is 11.2. The van der Waals surface area contributed by atoms with E-state index < -0.39 is 145 Å². The van der Waals surface area contributed by atoms with Crippen LogP contribution in [0.15, 0.2) is 12.2 Å². The van der Waals surface area contributed by atoms with Crippen LogP contribution in [-0.2, 0) is 80.8 Å². The summed E-state index contributed by atoms with van der Waals surface area (Å²) in [6.45, 7) is 30.7. The van der Waals surface area contributed by atoms with E-state index >= 15 is 4.79 Å². The Morgan fingerprint density at radius 1 is 0.767 bits per heavy atom. The number of nitrogens with zero attached hydrogens (tertiary/aromatic N) is 1. The quantitative estimate of drug-likeness (QED) is 0.113. The summed E-state index contributed by atoms with van der Waals surface area (Å²) in [6.07, 6.45) is -11.2. The lowest BCUT2D eigenvalue weighted by Gasteiger charge is -2.45. The average molecular weight is 1040 g/mol. The summed E-state index contributed by atoms with van der Waals surface area (Å²) < 4.78 is 75.4. The number of aliphatic hydroxyl groups is 1. The van der Waals surface area contributed by atoms with E-state index in [2.05, 4.69) is 18.4 Å². The van der Waals surface area contributed by atoms with Gasteiger partial charge < -0.3 is 66.8 Å². The summed E-state index contributed by atoms with van der Waals surface area (Å²) in [4.78, 5) is 70.7. The maximum absolute atomic E-state index is 15.3. The molecule has 0 aliphatic carbocycles. The molecule has 0 radical (unpaired) electrons. The number of Topliss-reactive ketones (excluding diaryl/α,β-unsaturated/α-hetero) is 1. The van der Waals surface area contributed by atoms with Crippen LogP contribution in [0.3, 0.4) is 0 Å². The highest BCUT2D eigenvalue weighted by atomic mass is 16.7. The largest absolute Gasteiger partial charge is 0.461 e. The number of ether oxygens (including phenoxy) is 12. The Bertz CT molecular complexity index is 1840. The van der Waals surface area contributed by atoms with Crippen molar-refractivity contribution in [2.45, 2.75) is 227 Å². The molecule has 0 unspecified atom stereocenters. The van der Waals surface area contributed by atoms with Gasteiger partial charge in [0, 0.05) is 71.2 Å². The molecule has 0 spiro atoms. The van der Waals surface area contributed by atoms with Gasteiger partial charge in [0.15, 0.2) is 36.9 Å². The van der Waals surface area contributed by atoms with Gasteiger partial charge in [0.25, 0.3) is 0 Å². The van der Waals surface area contributed by atoms with E-state index in [4.69, 9.17) is 56.8 Å². The van der Waals surface area contributed by atoms with Gasteiger partial charge in [-0.15, -0.1) is 0 Å². The zero-order valence-electron chi connectivity index (χ0n) is 47.0. The molecule has 0 amide bonds. The molecule has 4 rings (SSSR count). The Kier molecular flexibility index (Phi) is 23.3. The zero-order valence-corrected chi connectivity index (χ0v) is 47.0. The molecule has 1 N–H and O–H groups in total. The molecule has 4 saturated heterocycles. The van der Waals surface area contributed by atoms with Crippen molar-refractivity contribution in [1.29, 1.82) is 0 Å². The van der Waals surface area contributed by atoms with Gasteiger partial charge >= 0.3 is 23.9 Å². The first kappa shape index (κ1) is 62.4. The molecule has 0 bridgehead atoms. The molecule has 0 aromatic carbocycles. The van der Waals surface area contributed by atoms with E-state index in [1.807, 2.05) is 48.6 Å². The fourth-order valence-electron chi connectivity index (χ4n) is 11.2. The SMILES string of the molecule is C=C1C[C@@H](C)O[C@@H](O[C@@H]2[C@@H](C)[C@H](O[C@H]3C[C@@H](C)N(C)C[C@H](C)O3)[C@@H](C)C(=O)O[C@H]([C@@H](C)CO[C@@H]3O[C@H](C)[C@@H](OC(C)=O)[C@@H](OC)[C@H]3OC)[C@H](C)[C@@H](OC(=O)CC(C)C)[C@@H](C)C(=O)[C@@](C)(O)C[C@@H]2C)[C@@H]1OC(C)=O. The summed E-state index contributed by atoms with van der Waals surface area (Å²) in [7, 11) is 4.94. The van der Waals surface area contributed by atoms with Gasteiger partial charge in [-0.3, -0.25) is 24.0 Å². The molecule has 420 valence electrons. The van der Waals surface area contributed by atoms with Gasteiger partial charge in [0.2, 0.25) is 0 Å². The number of carbonyl (C=O) groups excluding carboxylic acids is 5. The lowest BCUT2D eigenvalue weighted by Crippen LogP contribution is -2.60. The summed E-state index contributed by atoms with van der Waals surface area (Å²) in [5.41, 5.74) is -1.44. The highest BCUT2D eigenvalue weighted by Crippen LogP contribution is 2.40. The number of ketones is 1. The van der Waals surface area contributed by atoms with E-state index in [0.29, 0.717) is 25.0 Å². The molecular formula is C54H91NO18. The summed E-state index contributed by atoms with van der Waals surface area (Å²) in [6, 6.07) is 0.0368. The molecule has 4 aliphatic heterocycles. The third-order valence-electron chi connectivity index (χ3n) is 15.1. The van der Waals surface area contributed by atoms with Crippen molar-refractivity contribution < 1.29 is 85.9 Å². The van der Waals surface area contributed by atoms with E-state index in [1.54, 1.807) is 34.6 Å². The van der Waals surface area contributed by atoms with Gasteiger partial charge in [-0.05, 0) is 78.8 Å². The number of carbonyl (C=O) groups is 5. The first-order valence-corrected chi connectivity index (χ1v) is 26.3. The summed E-state index contributed by atoms with van der Waals surface area (Å²) >= 11 is 0. The third kappa shape index (κ3) is 16.4. The molecule has 4 fully saturated rings. The van der Waals surface area contributed by atoms with Gasteiger partial charge in [-0.1, -0.05) is 55.0 Å². The molecule has 19 nitrogen and oxygen atoms in total. The molecule has 4 heterocycles. The van der Waals surface area contributed by atoms with Crippen LogP contribution in [0.5, 0.6) is 0 Å². The van der Waals surface area contributed by atoms with Crippen molar-refractivity contribution >= 4 is 29.7 Å². The van der Waals surface area contributed by atoms with Crippen molar-refractivity contribution in [1.82, 2.24) is 4.90 Å². The van der Waals surface area contributed by atoms with Crippen molar-refractivity contribution in [2.24, 2.45) is 41.4 Å². The number of hydrogen-bond acceptors (Lipinski definition) is 19. The van der Waals surface area contributed by atoms with Gasteiger partial charge in [-0.25, -0.2) is 0 Å². The minimum atomic E-state index is -2.03. The zero-order chi connectivity index (χ0) is 55.0. The maximum atomic E-state index is 15.3. The Morgan fingerprint density at radius 3 is 1.99 bits per heavy atom. The van der Waals surface area contributed by atoms with Crippen LogP contribution in [0.2, 0.25) is 0 Å². The number of rotatable bonds is 15. The predicted octanol–water partition coefficient (Wildman–Crippen LogP) is 5.97. The molecule has 73 heavy (non-hydrogen) atoms. The highest BCUT2D eigenvalue weighted by Gasteiger charge is 2.52. The first-order chi connectivity index (χ1) is 34.0. The molecule has 19 heteroatoms. The number of methoxy groups -OCH3 is 2. The topological polar surface area (TPSA) is 220 Å². The number of likely N-dealkylation sites (N-methyl/N-ethyl adjacent to an activating group) is 1. The number of hydrogen-bond donors (Lipinski definition) is 1. The second-order valence-corrected chi connectivity index (χ2v) is 22.4. The van der Waals surface area contributed by atoms with Crippen molar-refractivity contribution in [3.8, 4) is 0 Å². The molecule has 0 saturated carbocycles. The fraction of sp³-hybridized carbons (Fsp3) is 0.870. The molecule has 4 aliphatic rings. The normalized spacial score (nSPS) is 41.2. The summed E-state index contributed by atoms with van der Waals surface area (Å²) in [5.74, 6) is -8.07. The maximum Gasteiger partial charge on any atom is 0.311 e. The molecular weight excluding hydrogens is 951 g/mol. The Balaban J connectivity index is 1.89. The monoisotopic (exact) mass is 1040 g/mol.